The molecule has 1 N–H and O–H groups in total. The summed E-state index contributed by atoms with van der Waals surface area (Å²) in [5, 5.41) is 11.7. The monoisotopic (exact) mass is 558 g/mol. The number of esters is 3. The molecule has 9 heteroatoms. The molecule has 4 rings (SSSR count). The Morgan fingerprint density at radius 1 is 0.875 bits per heavy atom. The third-order valence-electron chi connectivity index (χ3n) is 8.33. The summed E-state index contributed by atoms with van der Waals surface area (Å²) in [6.45, 7) is 14.0. The molecule has 0 amide bonds. The standard InChI is InChI=1S/C31H42O9/c1-14(2)11-21-12-16(4)22-10-9-15(3)24-26(22)25(21)17(5)28(27(24)35)40-31-30(39-20(8)34)29(38-19(7)33)23(13-36-31)37-18(6)32/h11,15-16,21-23,29-31,35H,9-10,12-13H2,1-8H3/t15-,16-,21-,22+,23+,29+,30-,31+/m0/s1. The van der Waals surface area contributed by atoms with Crippen LogP contribution in [0.2, 0.25) is 0 Å². The van der Waals surface area contributed by atoms with Gasteiger partial charge in [0.1, 0.15) is 0 Å². The maximum Gasteiger partial charge on any atom is 0.303 e. The van der Waals surface area contributed by atoms with Gasteiger partial charge >= 0.3 is 17.9 Å². The first-order chi connectivity index (χ1) is 18.8. The van der Waals surface area contributed by atoms with Crippen LogP contribution in [0.1, 0.15) is 108 Å². The van der Waals surface area contributed by atoms with Crippen molar-refractivity contribution in [2.24, 2.45) is 5.92 Å². The summed E-state index contributed by atoms with van der Waals surface area (Å²) in [5.74, 6) is -0.443. The lowest BCUT2D eigenvalue weighted by atomic mass is 9.62. The highest BCUT2D eigenvalue weighted by Crippen LogP contribution is 2.58. The summed E-state index contributed by atoms with van der Waals surface area (Å²) in [6, 6.07) is 0. The van der Waals surface area contributed by atoms with E-state index < -0.39 is 42.5 Å². The summed E-state index contributed by atoms with van der Waals surface area (Å²) in [5.41, 5.74) is 5.33. The number of ether oxygens (including phenoxy) is 5. The minimum atomic E-state index is -1.25. The lowest BCUT2D eigenvalue weighted by molar-refractivity contribution is -0.260. The molecule has 1 fully saturated rings. The van der Waals surface area contributed by atoms with Crippen LogP contribution in [-0.4, -0.2) is 54.2 Å². The molecule has 0 aromatic heterocycles. The van der Waals surface area contributed by atoms with Crippen LogP contribution in [0.5, 0.6) is 11.5 Å². The highest BCUT2D eigenvalue weighted by Gasteiger charge is 2.49. The van der Waals surface area contributed by atoms with Gasteiger partial charge in [-0.15, -0.1) is 0 Å². The average molecular weight is 559 g/mol. The van der Waals surface area contributed by atoms with Gasteiger partial charge in [0.25, 0.3) is 0 Å². The van der Waals surface area contributed by atoms with Crippen molar-refractivity contribution >= 4 is 17.9 Å². The van der Waals surface area contributed by atoms with Crippen molar-refractivity contribution in [1.29, 1.82) is 0 Å². The van der Waals surface area contributed by atoms with Gasteiger partial charge in [-0.2, -0.15) is 0 Å². The van der Waals surface area contributed by atoms with Crippen LogP contribution in [0.15, 0.2) is 11.6 Å². The fraction of sp³-hybridized carbons (Fsp3) is 0.645. The molecule has 2 aliphatic carbocycles. The van der Waals surface area contributed by atoms with Gasteiger partial charge in [-0.3, -0.25) is 14.4 Å². The van der Waals surface area contributed by atoms with E-state index >= 15 is 0 Å². The van der Waals surface area contributed by atoms with E-state index in [1.807, 2.05) is 6.92 Å². The number of hydrogen-bond acceptors (Lipinski definition) is 9. The van der Waals surface area contributed by atoms with Gasteiger partial charge in [0.05, 0.1) is 6.61 Å². The number of rotatable bonds is 6. The SMILES string of the molecule is CC(=O)O[C@@H]1[C@@H](Oc2c(C)c3c4c(c2O)[C@@H](C)CC[C@@H]4[C@@H](C)C[C@@H]3C=C(C)C)OC[C@@H](OC(C)=O)[C@H]1OC(C)=O. The Morgan fingerprint density at radius 2 is 1.50 bits per heavy atom. The number of carbonyl (C=O) groups is 3. The summed E-state index contributed by atoms with van der Waals surface area (Å²) in [7, 11) is 0. The van der Waals surface area contributed by atoms with E-state index in [9.17, 15) is 19.5 Å². The predicted octanol–water partition coefficient (Wildman–Crippen LogP) is 5.30. The maximum atomic E-state index is 12.1. The van der Waals surface area contributed by atoms with E-state index in [2.05, 4.69) is 33.8 Å². The van der Waals surface area contributed by atoms with Gasteiger partial charge in [0.2, 0.25) is 12.4 Å². The van der Waals surface area contributed by atoms with E-state index in [0.717, 1.165) is 30.4 Å². The topological polar surface area (TPSA) is 118 Å². The van der Waals surface area contributed by atoms with Gasteiger partial charge < -0.3 is 28.8 Å². The number of phenolic OH excluding ortho intramolecular Hbond substituents is 1. The number of phenols is 1. The molecule has 0 unspecified atom stereocenters. The second-order valence-corrected chi connectivity index (χ2v) is 11.8. The third-order valence-corrected chi connectivity index (χ3v) is 8.33. The number of allylic oxidation sites excluding steroid dienone is 2. The fourth-order valence-corrected chi connectivity index (χ4v) is 6.87. The highest BCUT2D eigenvalue weighted by atomic mass is 16.7. The number of hydrogen-bond donors (Lipinski definition) is 1. The van der Waals surface area contributed by atoms with Gasteiger partial charge in [0.15, 0.2) is 23.7 Å². The van der Waals surface area contributed by atoms with Crippen molar-refractivity contribution < 1.29 is 43.2 Å². The second-order valence-electron chi connectivity index (χ2n) is 11.8. The minimum absolute atomic E-state index is 0.0646. The quantitative estimate of drug-likeness (QED) is 0.282. The first kappa shape index (κ1) is 29.9. The van der Waals surface area contributed by atoms with Crippen LogP contribution >= 0.6 is 0 Å². The first-order valence-corrected chi connectivity index (χ1v) is 14.1. The maximum absolute atomic E-state index is 12.1. The van der Waals surface area contributed by atoms with Gasteiger partial charge in [-0.1, -0.05) is 25.5 Å². The molecule has 1 aromatic rings. The second kappa shape index (κ2) is 11.8. The zero-order chi connectivity index (χ0) is 29.5. The molecule has 0 saturated carbocycles. The summed E-state index contributed by atoms with van der Waals surface area (Å²) in [6.07, 6.45) is 0.674. The van der Waals surface area contributed by atoms with Gasteiger partial charge in [0, 0.05) is 32.3 Å². The van der Waals surface area contributed by atoms with Gasteiger partial charge in [-0.25, -0.2) is 0 Å². The van der Waals surface area contributed by atoms with E-state index in [4.69, 9.17) is 23.7 Å². The molecule has 1 aromatic carbocycles. The van der Waals surface area contributed by atoms with Crippen molar-refractivity contribution in [2.75, 3.05) is 6.61 Å². The minimum Gasteiger partial charge on any atom is -0.504 e. The molecule has 9 nitrogen and oxygen atoms in total. The number of aromatic hydroxyl groups is 1. The molecular formula is C31H42O9. The zero-order valence-electron chi connectivity index (χ0n) is 24.7. The molecule has 0 radical (unpaired) electrons. The van der Waals surface area contributed by atoms with Crippen molar-refractivity contribution in [3.05, 3.63) is 33.9 Å². The summed E-state index contributed by atoms with van der Waals surface area (Å²) in [4.78, 5) is 35.8. The molecule has 8 atom stereocenters. The zero-order valence-corrected chi connectivity index (χ0v) is 24.7. The van der Waals surface area contributed by atoms with E-state index in [1.165, 1.54) is 37.5 Å². The first-order valence-electron chi connectivity index (χ1n) is 14.1. The predicted molar refractivity (Wildman–Crippen MR) is 146 cm³/mol. The van der Waals surface area contributed by atoms with Crippen LogP contribution in [0.25, 0.3) is 0 Å². The van der Waals surface area contributed by atoms with Crippen molar-refractivity contribution in [2.45, 2.75) is 117 Å². The molecule has 3 aliphatic rings. The third kappa shape index (κ3) is 5.85. The smallest absolute Gasteiger partial charge is 0.303 e. The van der Waals surface area contributed by atoms with Crippen LogP contribution in [0.4, 0.5) is 0 Å². The summed E-state index contributed by atoms with van der Waals surface area (Å²) >= 11 is 0. The Balaban J connectivity index is 1.82. The Hall–Kier alpha value is -3.07. The van der Waals surface area contributed by atoms with Crippen LogP contribution in [0.3, 0.4) is 0 Å². The van der Waals surface area contributed by atoms with Crippen LogP contribution in [-0.2, 0) is 33.3 Å². The molecule has 1 aliphatic heterocycles. The van der Waals surface area contributed by atoms with E-state index in [0.29, 0.717) is 11.8 Å². The average Bonchev–Trinajstić information content (AvgIpc) is 2.83. The number of benzene rings is 1. The molecule has 1 saturated heterocycles. The van der Waals surface area contributed by atoms with Crippen molar-refractivity contribution in [3.8, 4) is 11.5 Å². The van der Waals surface area contributed by atoms with Crippen molar-refractivity contribution in [1.82, 2.24) is 0 Å². The number of carbonyl (C=O) groups excluding carboxylic acids is 3. The molecule has 0 spiro atoms. The normalized spacial score (nSPS) is 30.9. The Bertz CT molecular complexity index is 1200. The van der Waals surface area contributed by atoms with E-state index in [1.54, 1.807) is 0 Å². The molecule has 220 valence electrons. The lowest BCUT2D eigenvalue weighted by Gasteiger charge is -2.44. The van der Waals surface area contributed by atoms with Gasteiger partial charge in [-0.05, 0) is 74.5 Å². The Morgan fingerprint density at radius 3 is 2.10 bits per heavy atom. The highest BCUT2D eigenvalue weighted by molar-refractivity contribution is 5.68. The largest absolute Gasteiger partial charge is 0.504 e. The Kier molecular flexibility index (Phi) is 8.83. The molecule has 40 heavy (non-hydrogen) atoms. The van der Waals surface area contributed by atoms with Crippen molar-refractivity contribution in [3.63, 3.8) is 0 Å². The van der Waals surface area contributed by atoms with Crippen LogP contribution in [0, 0.1) is 12.8 Å². The fourth-order valence-electron chi connectivity index (χ4n) is 6.87. The molecule has 1 heterocycles. The van der Waals surface area contributed by atoms with E-state index in [-0.39, 0.29) is 29.9 Å². The Labute approximate surface area is 236 Å². The molecule has 0 bridgehead atoms. The summed E-state index contributed by atoms with van der Waals surface area (Å²) < 4.78 is 28.7. The van der Waals surface area contributed by atoms with Crippen LogP contribution < -0.4 is 4.74 Å². The molecular weight excluding hydrogens is 516 g/mol. The lowest BCUT2D eigenvalue weighted by Crippen LogP contribution is -2.59.